The minimum atomic E-state index is -1.31. The molecule has 0 saturated carbocycles. The zero-order chi connectivity index (χ0) is 24.8. The standard InChI is InChI=1S/C26H21N3O6/c30-22(31)15-14-21(26(33)34)28-24(32)17-10-12-18(13-11-17)35-25-23(16-6-2-1-3-7-16)27-19-8-4-5-9-20(19)29-25/h1-13,21H,14-15H2,(H,28,32)(H,30,31)(H,33,34)/t21-/m0/s1. The van der Waals surface area contributed by atoms with Gasteiger partial charge >= 0.3 is 11.9 Å². The lowest BCUT2D eigenvalue weighted by atomic mass is 10.1. The molecule has 0 aliphatic carbocycles. The number of ether oxygens (including phenoxy) is 1. The molecular formula is C26H21N3O6. The molecule has 1 aromatic heterocycles. The van der Waals surface area contributed by atoms with Gasteiger partial charge in [0.15, 0.2) is 0 Å². The first-order valence-electron chi connectivity index (χ1n) is 10.8. The minimum absolute atomic E-state index is 0.201. The van der Waals surface area contributed by atoms with Gasteiger partial charge in [-0.2, -0.15) is 0 Å². The molecule has 4 aromatic rings. The van der Waals surface area contributed by atoms with Crippen molar-refractivity contribution in [3.63, 3.8) is 0 Å². The number of hydrogen-bond donors (Lipinski definition) is 3. The maximum absolute atomic E-state index is 12.5. The summed E-state index contributed by atoms with van der Waals surface area (Å²) in [7, 11) is 0. The van der Waals surface area contributed by atoms with Crippen LogP contribution in [0.15, 0.2) is 78.9 Å². The van der Waals surface area contributed by atoms with Gasteiger partial charge in [0.25, 0.3) is 5.91 Å². The fourth-order valence-electron chi connectivity index (χ4n) is 3.39. The average Bonchev–Trinajstić information content (AvgIpc) is 2.86. The Kier molecular flexibility index (Phi) is 6.96. The minimum Gasteiger partial charge on any atom is -0.481 e. The van der Waals surface area contributed by atoms with E-state index in [4.69, 9.17) is 14.8 Å². The molecule has 1 atom stereocenters. The molecule has 9 heteroatoms. The van der Waals surface area contributed by atoms with Gasteiger partial charge in [-0.25, -0.2) is 14.8 Å². The molecule has 0 fully saturated rings. The van der Waals surface area contributed by atoms with Gasteiger partial charge in [-0.3, -0.25) is 9.59 Å². The molecule has 1 heterocycles. The average molecular weight is 471 g/mol. The molecule has 0 spiro atoms. The highest BCUT2D eigenvalue weighted by atomic mass is 16.5. The molecule has 0 radical (unpaired) electrons. The number of rotatable bonds is 9. The molecule has 35 heavy (non-hydrogen) atoms. The third-order valence-electron chi connectivity index (χ3n) is 5.17. The van der Waals surface area contributed by atoms with Crippen molar-refractivity contribution in [1.29, 1.82) is 0 Å². The van der Waals surface area contributed by atoms with E-state index < -0.39 is 23.9 Å². The summed E-state index contributed by atoms with van der Waals surface area (Å²) in [5.41, 5.74) is 2.99. The molecule has 4 rings (SSSR count). The number of aliphatic carboxylic acids is 2. The SMILES string of the molecule is O=C(O)CC[C@H](NC(=O)c1ccc(Oc2nc3ccccc3nc2-c2ccccc2)cc1)C(=O)O. The van der Waals surface area contributed by atoms with Crippen molar-refractivity contribution >= 4 is 28.9 Å². The Bertz CT molecular complexity index is 1370. The lowest BCUT2D eigenvalue weighted by Gasteiger charge is -2.14. The molecule has 0 unspecified atom stereocenters. The van der Waals surface area contributed by atoms with E-state index in [1.165, 1.54) is 12.1 Å². The van der Waals surface area contributed by atoms with Gasteiger partial charge in [-0.15, -0.1) is 0 Å². The van der Waals surface area contributed by atoms with Crippen LogP contribution in [-0.2, 0) is 9.59 Å². The highest BCUT2D eigenvalue weighted by Gasteiger charge is 2.22. The number of benzene rings is 3. The molecule has 0 bridgehead atoms. The van der Waals surface area contributed by atoms with Crippen molar-refractivity contribution in [3.05, 3.63) is 84.4 Å². The fourth-order valence-corrected chi connectivity index (χ4v) is 3.39. The number of amides is 1. The van der Waals surface area contributed by atoms with Crippen molar-refractivity contribution in [2.24, 2.45) is 0 Å². The van der Waals surface area contributed by atoms with E-state index in [0.717, 1.165) is 11.1 Å². The third kappa shape index (κ3) is 5.77. The molecule has 176 valence electrons. The van der Waals surface area contributed by atoms with Crippen LogP contribution in [-0.4, -0.2) is 44.1 Å². The molecule has 0 saturated heterocycles. The van der Waals surface area contributed by atoms with E-state index in [1.54, 1.807) is 12.1 Å². The Morgan fingerprint density at radius 2 is 1.46 bits per heavy atom. The smallest absolute Gasteiger partial charge is 0.326 e. The topological polar surface area (TPSA) is 139 Å². The summed E-state index contributed by atoms with van der Waals surface area (Å²) < 4.78 is 6.03. The summed E-state index contributed by atoms with van der Waals surface area (Å²) in [4.78, 5) is 43.9. The molecule has 3 aromatic carbocycles. The molecular weight excluding hydrogens is 450 g/mol. The molecule has 1 amide bonds. The zero-order valence-corrected chi connectivity index (χ0v) is 18.4. The van der Waals surface area contributed by atoms with Gasteiger partial charge in [-0.1, -0.05) is 42.5 Å². The maximum Gasteiger partial charge on any atom is 0.326 e. The summed E-state index contributed by atoms with van der Waals surface area (Å²) >= 11 is 0. The van der Waals surface area contributed by atoms with E-state index in [9.17, 15) is 19.5 Å². The number of carboxylic acid groups (broad SMARTS) is 2. The molecule has 0 aliphatic rings. The van der Waals surface area contributed by atoms with Crippen LogP contribution >= 0.6 is 0 Å². The predicted molar refractivity (Wildman–Crippen MR) is 127 cm³/mol. The van der Waals surface area contributed by atoms with Crippen molar-refractivity contribution < 1.29 is 29.3 Å². The summed E-state index contributed by atoms with van der Waals surface area (Å²) in [6.07, 6.45) is -0.596. The Labute approximate surface area is 200 Å². The van der Waals surface area contributed by atoms with Crippen LogP contribution < -0.4 is 10.1 Å². The lowest BCUT2D eigenvalue weighted by molar-refractivity contribution is -0.140. The largest absolute Gasteiger partial charge is 0.481 e. The lowest BCUT2D eigenvalue weighted by Crippen LogP contribution is -2.41. The Balaban J connectivity index is 1.55. The number of carbonyl (C=O) groups is 3. The number of para-hydroxylation sites is 2. The van der Waals surface area contributed by atoms with E-state index in [1.807, 2.05) is 54.6 Å². The number of carbonyl (C=O) groups excluding carboxylic acids is 1. The van der Waals surface area contributed by atoms with Crippen LogP contribution in [0, 0.1) is 0 Å². The zero-order valence-electron chi connectivity index (χ0n) is 18.4. The first kappa shape index (κ1) is 23.4. The second-order valence-electron chi connectivity index (χ2n) is 7.66. The number of nitrogens with one attached hydrogen (secondary N) is 1. The Hall–Kier alpha value is -4.79. The van der Waals surface area contributed by atoms with Crippen LogP contribution in [0.4, 0.5) is 0 Å². The van der Waals surface area contributed by atoms with Crippen LogP contribution in [0.3, 0.4) is 0 Å². The highest BCUT2D eigenvalue weighted by molar-refractivity contribution is 5.96. The fraction of sp³-hybridized carbons (Fsp3) is 0.115. The van der Waals surface area contributed by atoms with Crippen LogP contribution in [0.2, 0.25) is 0 Å². The Morgan fingerprint density at radius 1 is 0.829 bits per heavy atom. The van der Waals surface area contributed by atoms with Gasteiger partial charge in [0.2, 0.25) is 5.88 Å². The quantitative estimate of drug-likeness (QED) is 0.331. The summed E-state index contributed by atoms with van der Waals surface area (Å²) in [6, 6.07) is 21.7. The molecule has 0 aliphatic heterocycles. The molecule has 9 nitrogen and oxygen atoms in total. The monoisotopic (exact) mass is 471 g/mol. The van der Waals surface area contributed by atoms with Gasteiger partial charge in [0.05, 0.1) is 11.0 Å². The van der Waals surface area contributed by atoms with Crippen LogP contribution in [0.25, 0.3) is 22.3 Å². The van der Waals surface area contributed by atoms with Crippen LogP contribution in [0.1, 0.15) is 23.2 Å². The van der Waals surface area contributed by atoms with Crippen molar-refractivity contribution in [1.82, 2.24) is 15.3 Å². The van der Waals surface area contributed by atoms with E-state index >= 15 is 0 Å². The van der Waals surface area contributed by atoms with Crippen molar-refractivity contribution in [3.8, 4) is 22.9 Å². The summed E-state index contributed by atoms with van der Waals surface area (Å²) in [5, 5.41) is 20.4. The number of nitrogens with zero attached hydrogens (tertiary/aromatic N) is 2. The Morgan fingerprint density at radius 3 is 2.09 bits per heavy atom. The van der Waals surface area contributed by atoms with Gasteiger partial charge in [0.1, 0.15) is 17.5 Å². The normalized spacial score (nSPS) is 11.5. The van der Waals surface area contributed by atoms with E-state index in [-0.39, 0.29) is 18.4 Å². The second kappa shape index (κ2) is 10.4. The summed E-state index contributed by atoms with van der Waals surface area (Å²) in [5.74, 6) is -2.37. The predicted octanol–water partition coefficient (Wildman–Crippen LogP) is 4.14. The van der Waals surface area contributed by atoms with Crippen LogP contribution in [0.5, 0.6) is 11.6 Å². The van der Waals surface area contributed by atoms with E-state index in [2.05, 4.69) is 10.3 Å². The second-order valence-corrected chi connectivity index (χ2v) is 7.66. The number of fused-ring (bicyclic) bond motifs is 1. The van der Waals surface area contributed by atoms with Gasteiger partial charge in [-0.05, 0) is 42.8 Å². The number of hydrogen-bond acceptors (Lipinski definition) is 6. The number of aromatic nitrogens is 2. The van der Waals surface area contributed by atoms with Crippen molar-refractivity contribution in [2.45, 2.75) is 18.9 Å². The first-order chi connectivity index (χ1) is 16.9. The van der Waals surface area contributed by atoms with Gasteiger partial charge in [0, 0.05) is 17.5 Å². The number of carboxylic acids is 2. The van der Waals surface area contributed by atoms with Gasteiger partial charge < -0.3 is 20.3 Å². The van der Waals surface area contributed by atoms with E-state index in [0.29, 0.717) is 22.8 Å². The maximum atomic E-state index is 12.5. The summed E-state index contributed by atoms with van der Waals surface area (Å²) in [6.45, 7) is 0. The third-order valence-corrected chi connectivity index (χ3v) is 5.17. The highest BCUT2D eigenvalue weighted by Crippen LogP contribution is 2.32. The molecule has 3 N–H and O–H groups in total. The first-order valence-corrected chi connectivity index (χ1v) is 10.8. The van der Waals surface area contributed by atoms with Crippen molar-refractivity contribution in [2.75, 3.05) is 0 Å².